The van der Waals surface area contributed by atoms with Crippen LogP contribution in [0.4, 0.5) is 0 Å². The maximum absolute atomic E-state index is 5.97. The Hall–Kier alpha value is -0.960. The lowest BCUT2D eigenvalue weighted by Gasteiger charge is -2.28. The van der Waals surface area contributed by atoms with Gasteiger partial charge in [-0.1, -0.05) is 70.4 Å². The summed E-state index contributed by atoms with van der Waals surface area (Å²) in [4.78, 5) is 2.22. The highest BCUT2D eigenvalue weighted by atomic mass is 15.3. The van der Waals surface area contributed by atoms with Crippen molar-refractivity contribution in [3.05, 3.63) is 24.6 Å². The predicted molar refractivity (Wildman–Crippen MR) is 111 cm³/mol. The van der Waals surface area contributed by atoms with Crippen LogP contribution in [0.2, 0.25) is 0 Å². The highest BCUT2D eigenvalue weighted by Crippen LogP contribution is 2.15. The third kappa shape index (κ3) is 11.3. The normalized spacial score (nSPS) is 18.2. The van der Waals surface area contributed by atoms with Gasteiger partial charge in [0.05, 0.1) is 12.3 Å². The van der Waals surface area contributed by atoms with Crippen molar-refractivity contribution in [3.63, 3.8) is 0 Å². The minimum Gasteiger partial charge on any atom is -0.370 e. The summed E-state index contributed by atoms with van der Waals surface area (Å²) in [6.45, 7) is 4.32. The first-order valence-corrected chi connectivity index (χ1v) is 10.9. The van der Waals surface area contributed by atoms with Gasteiger partial charge in [-0.15, -0.1) is 0 Å². The molecule has 0 aromatic rings. The summed E-state index contributed by atoms with van der Waals surface area (Å²) in [5.41, 5.74) is 5.97. The van der Waals surface area contributed by atoms with E-state index in [1.807, 2.05) is 13.1 Å². The Morgan fingerprint density at radius 1 is 0.920 bits per heavy atom. The van der Waals surface area contributed by atoms with E-state index in [-0.39, 0.29) is 6.17 Å². The molecule has 3 nitrogen and oxygen atoms in total. The lowest BCUT2D eigenvalue weighted by molar-refractivity contribution is 0.208. The quantitative estimate of drug-likeness (QED) is 0.264. The van der Waals surface area contributed by atoms with Crippen molar-refractivity contribution in [1.29, 1.82) is 0 Å². The number of nitrogens with two attached hydrogens (primary N) is 1. The van der Waals surface area contributed by atoms with Gasteiger partial charge in [0.1, 0.15) is 0 Å². The van der Waals surface area contributed by atoms with Gasteiger partial charge in [-0.2, -0.15) is 0 Å². The molecule has 0 aromatic carbocycles. The summed E-state index contributed by atoms with van der Waals surface area (Å²) in [6, 6.07) is 0. The molecule has 0 saturated heterocycles. The first-order chi connectivity index (χ1) is 12.3. The predicted octanol–water partition coefficient (Wildman–Crippen LogP) is 6.03. The lowest BCUT2D eigenvalue weighted by atomic mass is 10.1. The van der Waals surface area contributed by atoms with Crippen LogP contribution in [0.5, 0.6) is 0 Å². The van der Waals surface area contributed by atoms with E-state index in [1.165, 1.54) is 89.9 Å². The van der Waals surface area contributed by atoms with Crippen molar-refractivity contribution in [2.75, 3.05) is 0 Å². The Balaban J connectivity index is 1.82. The van der Waals surface area contributed by atoms with Gasteiger partial charge in [-0.25, -0.2) is 0 Å². The standard InChI is InChI=1S/C22H43N3/c1-3-4-5-6-7-8-9-10-11-12-13-14-15-16-17-18-22-24-19-20-25(22)21(2)23/h9-10,19-22,24H,3-8,11-18,23H2,1-2H3/b10-9+. The zero-order valence-electron chi connectivity index (χ0n) is 16.9. The highest BCUT2D eigenvalue weighted by Gasteiger charge is 2.20. The molecule has 3 heteroatoms. The van der Waals surface area contributed by atoms with E-state index < -0.39 is 0 Å². The van der Waals surface area contributed by atoms with Crippen molar-refractivity contribution in [2.45, 2.75) is 116 Å². The van der Waals surface area contributed by atoms with Crippen molar-refractivity contribution >= 4 is 0 Å². The molecule has 0 spiro atoms. The molecule has 0 saturated carbocycles. The smallest absolute Gasteiger partial charge is 0.0995 e. The average Bonchev–Trinajstić information content (AvgIpc) is 3.07. The summed E-state index contributed by atoms with van der Waals surface area (Å²) < 4.78 is 0. The van der Waals surface area contributed by atoms with Crippen LogP contribution < -0.4 is 11.1 Å². The maximum atomic E-state index is 5.97. The Bertz CT molecular complexity index is 349. The molecule has 25 heavy (non-hydrogen) atoms. The van der Waals surface area contributed by atoms with Gasteiger partial charge in [0.2, 0.25) is 0 Å². The van der Waals surface area contributed by atoms with Gasteiger partial charge in [0.15, 0.2) is 0 Å². The van der Waals surface area contributed by atoms with E-state index >= 15 is 0 Å². The molecule has 146 valence electrons. The van der Waals surface area contributed by atoms with Crippen LogP contribution >= 0.6 is 0 Å². The van der Waals surface area contributed by atoms with Crippen LogP contribution in [0.25, 0.3) is 0 Å². The second-order valence-electron chi connectivity index (χ2n) is 7.56. The number of unbranched alkanes of at least 4 members (excludes halogenated alkanes) is 11. The first-order valence-electron chi connectivity index (χ1n) is 10.9. The van der Waals surface area contributed by atoms with Crippen LogP contribution in [-0.2, 0) is 0 Å². The molecule has 0 aromatic heterocycles. The van der Waals surface area contributed by atoms with Crippen molar-refractivity contribution in [3.8, 4) is 0 Å². The maximum Gasteiger partial charge on any atom is 0.0995 e. The Labute approximate surface area is 157 Å². The van der Waals surface area contributed by atoms with E-state index in [0.717, 1.165) is 0 Å². The SMILES string of the molecule is CCCCCCC/C=C/CCCCCCCCC1NC=CN1C(C)N. The Kier molecular flexibility index (Phi) is 13.5. The molecular weight excluding hydrogens is 306 g/mol. The summed E-state index contributed by atoms with van der Waals surface area (Å²) in [5, 5.41) is 3.40. The molecule has 2 atom stereocenters. The highest BCUT2D eigenvalue weighted by molar-refractivity contribution is 4.95. The van der Waals surface area contributed by atoms with Crippen LogP contribution in [0.1, 0.15) is 104 Å². The number of allylic oxidation sites excluding steroid dienone is 2. The average molecular weight is 350 g/mol. The zero-order chi connectivity index (χ0) is 18.2. The van der Waals surface area contributed by atoms with Crippen LogP contribution in [-0.4, -0.2) is 17.2 Å². The van der Waals surface area contributed by atoms with Crippen molar-refractivity contribution < 1.29 is 0 Å². The number of hydrogen-bond donors (Lipinski definition) is 2. The van der Waals surface area contributed by atoms with Crippen LogP contribution in [0.3, 0.4) is 0 Å². The van der Waals surface area contributed by atoms with E-state index in [1.54, 1.807) is 0 Å². The molecule has 0 bridgehead atoms. The third-order valence-electron chi connectivity index (χ3n) is 5.10. The molecule has 0 radical (unpaired) electrons. The van der Waals surface area contributed by atoms with E-state index in [2.05, 4.69) is 35.5 Å². The second-order valence-corrected chi connectivity index (χ2v) is 7.56. The van der Waals surface area contributed by atoms with Gasteiger partial charge < -0.3 is 16.0 Å². The fourth-order valence-corrected chi connectivity index (χ4v) is 3.49. The van der Waals surface area contributed by atoms with Crippen molar-refractivity contribution in [1.82, 2.24) is 10.2 Å². The molecule has 1 aliphatic heterocycles. The van der Waals surface area contributed by atoms with Gasteiger partial charge in [-0.3, -0.25) is 0 Å². The topological polar surface area (TPSA) is 41.3 Å². The fraction of sp³-hybridized carbons (Fsp3) is 0.818. The summed E-state index contributed by atoms with van der Waals surface area (Å²) >= 11 is 0. The Morgan fingerprint density at radius 2 is 1.48 bits per heavy atom. The van der Waals surface area contributed by atoms with Gasteiger partial charge in [0.25, 0.3) is 0 Å². The molecule has 1 rings (SSSR count). The number of nitrogens with one attached hydrogen (secondary N) is 1. The van der Waals surface area contributed by atoms with Crippen molar-refractivity contribution in [2.24, 2.45) is 5.73 Å². The van der Waals surface area contributed by atoms with E-state index in [4.69, 9.17) is 5.73 Å². The minimum atomic E-state index is 0.0978. The Morgan fingerprint density at radius 3 is 2.08 bits per heavy atom. The summed E-state index contributed by atoms with van der Waals surface area (Å²) in [5.74, 6) is 0. The van der Waals surface area contributed by atoms with Crippen LogP contribution in [0, 0.1) is 0 Å². The van der Waals surface area contributed by atoms with E-state index in [9.17, 15) is 0 Å². The third-order valence-corrected chi connectivity index (χ3v) is 5.10. The van der Waals surface area contributed by atoms with Gasteiger partial charge in [-0.05, 0) is 45.4 Å². The van der Waals surface area contributed by atoms with Crippen LogP contribution in [0.15, 0.2) is 24.6 Å². The lowest BCUT2D eigenvalue weighted by Crippen LogP contribution is -2.44. The molecule has 0 amide bonds. The largest absolute Gasteiger partial charge is 0.370 e. The molecule has 2 unspecified atom stereocenters. The summed E-state index contributed by atoms with van der Waals surface area (Å²) in [6.07, 6.45) is 28.3. The molecule has 0 aliphatic carbocycles. The second kappa shape index (κ2) is 15.3. The number of rotatable bonds is 16. The monoisotopic (exact) mass is 349 g/mol. The molecular formula is C22H43N3. The molecule has 1 heterocycles. The number of hydrogen-bond acceptors (Lipinski definition) is 3. The fourth-order valence-electron chi connectivity index (χ4n) is 3.49. The van der Waals surface area contributed by atoms with Gasteiger partial charge >= 0.3 is 0 Å². The van der Waals surface area contributed by atoms with Gasteiger partial charge in [0, 0.05) is 12.4 Å². The first kappa shape index (κ1) is 22.1. The molecule has 3 N–H and O–H groups in total. The molecule has 0 fully saturated rings. The minimum absolute atomic E-state index is 0.0978. The molecule has 1 aliphatic rings. The van der Waals surface area contributed by atoms with E-state index in [0.29, 0.717) is 6.17 Å². The zero-order valence-corrected chi connectivity index (χ0v) is 16.9. The summed E-state index contributed by atoms with van der Waals surface area (Å²) in [7, 11) is 0. The number of nitrogens with zero attached hydrogens (tertiary/aromatic N) is 1.